The number of nitrogens with one attached hydrogen (secondary N) is 2. The second kappa shape index (κ2) is 8.15. The smallest absolute Gasteiger partial charge is 0.250 e. The Morgan fingerprint density at radius 1 is 1.12 bits per heavy atom. The summed E-state index contributed by atoms with van der Waals surface area (Å²) < 4.78 is 10.6. The van der Waals surface area contributed by atoms with Gasteiger partial charge >= 0.3 is 0 Å². The first-order valence-corrected chi connectivity index (χ1v) is 8.81. The number of fused-ring (bicyclic) bond motifs is 1. The highest BCUT2D eigenvalue weighted by Crippen LogP contribution is 2.32. The van der Waals surface area contributed by atoms with E-state index in [1.165, 1.54) is 31.8 Å². The van der Waals surface area contributed by atoms with Gasteiger partial charge in [-0.25, -0.2) is 0 Å². The summed E-state index contributed by atoms with van der Waals surface area (Å²) in [6, 6.07) is 5.92. The normalized spacial score (nSPS) is 17.5. The zero-order valence-corrected chi connectivity index (χ0v) is 14.4. The minimum atomic E-state index is -0.237. The van der Waals surface area contributed by atoms with E-state index >= 15 is 0 Å². The van der Waals surface area contributed by atoms with Crippen LogP contribution in [0.4, 0.5) is 0 Å². The fraction of sp³-hybridized carbons (Fsp3) is 0.444. The van der Waals surface area contributed by atoms with Crippen LogP contribution in [0, 0.1) is 0 Å². The van der Waals surface area contributed by atoms with Crippen molar-refractivity contribution in [1.82, 2.24) is 10.6 Å². The van der Waals surface area contributed by atoms with E-state index in [-0.39, 0.29) is 12.7 Å². The lowest BCUT2D eigenvalue weighted by Gasteiger charge is -2.17. The molecule has 0 bridgehead atoms. The van der Waals surface area contributed by atoms with Gasteiger partial charge in [-0.1, -0.05) is 31.7 Å². The van der Waals surface area contributed by atoms with Gasteiger partial charge in [0.2, 0.25) is 12.7 Å². The number of amides is 1. The number of hydrogen-bond acceptors (Lipinski definition) is 4. The Balaban J connectivity index is 1.48. The van der Waals surface area contributed by atoms with E-state index in [0.29, 0.717) is 16.9 Å². The van der Waals surface area contributed by atoms with Crippen molar-refractivity contribution in [2.75, 3.05) is 6.79 Å². The number of benzene rings is 1. The molecule has 1 amide bonds. The monoisotopic (exact) mass is 346 g/mol. The van der Waals surface area contributed by atoms with Crippen LogP contribution >= 0.6 is 12.2 Å². The maximum atomic E-state index is 12.0. The van der Waals surface area contributed by atoms with Crippen LogP contribution in [0.1, 0.15) is 44.1 Å². The van der Waals surface area contributed by atoms with Crippen molar-refractivity contribution in [2.24, 2.45) is 0 Å². The van der Waals surface area contributed by atoms with Gasteiger partial charge in [-0.15, -0.1) is 0 Å². The van der Waals surface area contributed by atoms with Gasteiger partial charge in [-0.3, -0.25) is 10.1 Å². The molecule has 6 heteroatoms. The summed E-state index contributed by atoms with van der Waals surface area (Å²) in [4.78, 5) is 12.0. The van der Waals surface area contributed by atoms with E-state index in [4.69, 9.17) is 21.7 Å². The number of thiocarbonyl (C=S) groups is 1. The van der Waals surface area contributed by atoms with Gasteiger partial charge in [0.15, 0.2) is 16.6 Å². The molecule has 0 radical (unpaired) electrons. The summed E-state index contributed by atoms with van der Waals surface area (Å²) in [6.07, 6.45) is 10.4. The molecule has 1 aromatic carbocycles. The van der Waals surface area contributed by atoms with Crippen molar-refractivity contribution >= 4 is 29.3 Å². The van der Waals surface area contributed by atoms with Crippen molar-refractivity contribution in [1.29, 1.82) is 0 Å². The molecular formula is C18H22N2O3S. The Labute approximate surface area is 147 Å². The Bertz CT molecular complexity index is 637. The summed E-state index contributed by atoms with van der Waals surface area (Å²) >= 11 is 5.24. The molecule has 1 heterocycles. The van der Waals surface area contributed by atoms with Gasteiger partial charge in [-0.2, -0.15) is 0 Å². The van der Waals surface area contributed by atoms with Crippen LogP contribution in [0.2, 0.25) is 0 Å². The Morgan fingerprint density at radius 2 is 1.88 bits per heavy atom. The number of hydrogen-bond donors (Lipinski definition) is 2. The molecule has 1 aliphatic carbocycles. The lowest BCUT2D eigenvalue weighted by molar-refractivity contribution is -0.115. The van der Waals surface area contributed by atoms with Crippen LogP contribution in [0.25, 0.3) is 6.08 Å². The molecule has 1 fully saturated rings. The molecule has 128 valence electrons. The van der Waals surface area contributed by atoms with Crippen LogP contribution in [0.5, 0.6) is 11.5 Å². The molecule has 24 heavy (non-hydrogen) atoms. The minimum Gasteiger partial charge on any atom is -0.454 e. The molecule has 5 nitrogen and oxygen atoms in total. The lowest BCUT2D eigenvalue weighted by atomic mass is 10.1. The van der Waals surface area contributed by atoms with Crippen molar-refractivity contribution in [3.63, 3.8) is 0 Å². The van der Waals surface area contributed by atoms with Gasteiger partial charge in [0, 0.05) is 12.1 Å². The van der Waals surface area contributed by atoms with E-state index in [1.807, 2.05) is 18.2 Å². The molecule has 0 saturated heterocycles. The predicted molar refractivity (Wildman–Crippen MR) is 97.0 cm³/mol. The highest BCUT2D eigenvalue weighted by Gasteiger charge is 2.14. The third-order valence-corrected chi connectivity index (χ3v) is 4.47. The molecule has 1 aliphatic heterocycles. The molecule has 1 saturated carbocycles. The Morgan fingerprint density at radius 3 is 2.67 bits per heavy atom. The first-order valence-electron chi connectivity index (χ1n) is 8.40. The van der Waals surface area contributed by atoms with Crippen LogP contribution in [-0.4, -0.2) is 23.9 Å². The zero-order chi connectivity index (χ0) is 16.8. The van der Waals surface area contributed by atoms with Crippen LogP contribution in [0.3, 0.4) is 0 Å². The number of ether oxygens (including phenoxy) is 2. The Kier molecular flexibility index (Phi) is 5.69. The molecule has 0 aromatic heterocycles. The molecule has 3 rings (SSSR count). The van der Waals surface area contributed by atoms with Crippen LogP contribution in [0.15, 0.2) is 24.3 Å². The quantitative estimate of drug-likeness (QED) is 0.500. The fourth-order valence-corrected chi connectivity index (χ4v) is 3.25. The van der Waals surface area contributed by atoms with Crippen LogP contribution in [-0.2, 0) is 4.79 Å². The average Bonchev–Trinajstić information content (AvgIpc) is 2.89. The van der Waals surface area contributed by atoms with E-state index in [2.05, 4.69) is 10.6 Å². The van der Waals surface area contributed by atoms with E-state index in [1.54, 1.807) is 6.08 Å². The maximum Gasteiger partial charge on any atom is 0.250 e. The van der Waals surface area contributed by atoms with Crippen LogP contribution < -0.4 is 20.1 Å². The molecular weight excluding hydrogens is 324 g/mol. The molecule has 0 unspecified atom stereocenters. The van der Waals surface area contributed by atoms with Gasteiger partial charge in [0.25, 0.3) is 0 Å². The largest absolute Gasteiger partial charge is 0.454 e. The first kappa shape index (κ1) is 16.8. The summed E-state index contributed by atoms with van der Waals surface area (Å²) in [6.45, 7) is 0.240. The van der Waals surface area contributed by atoms with Gasteiger partial charge in [0.1, 0.15) is 0 Å². The number of carbonyl (C=O) groups excluding carboxylic acids is 1. The molecule has 0 spiro atoms. The van der Waals surface area contributed by atoms with Gasteiger partial charge in [-0.05, 0) is 48.8 Å². The van der Waals surface area contributed by atoms with Crippen molar-refractivity contribution in [3.05, 3.63) is 29.8 Å². The molecule has 0 atom stereocenters. The molecule has 2 aliphatic rings. The summed E-state index contributed by atoms with van der Waals surface area (Å²) in [5, 5.41) is 6.36. The second-order valence-electron chi connectivity index (χ2n) is 6.10. The first-order chi connectivity index (χ1) is 11.7. The number of carbonyl (C=O) groups is 1. The highest BCUT2D eigenvalue weighted by molar-refractivity contribution is 7.80. The average molecular weight is 346 g/mol. The van der Waals surface area contributed by atoms with Gasteiger partial charge < -0.3 is 14.8 Å². The van der Waals surface area contributed by atoms with E-state index < -0.39 is 0 Å². The van der Waals surface area contributed by atoms with Gasteiger partial charge in [0.05, 0.1) is 0 Å². The minimum absolute atomic E-state index is 0.237. The SMILES string of the molecule is O=C(C=Cc1ccc2c(c1)OCO2)NC(=S)NC1CCCCCC1. The molecule has 2 N–H and O–H groups in total. The summed E-state index contributed by atoms with van der Waals surface area (Å²) in [7, 11) is 0. The standard InChI is InChI=1S/C18H22N2O3S/c21-17(20-18(24)19-14-5-3-1-2-4-6-14)10-8-13-7-9-15-16(11-13)23-12-22-15/h7-11,14H,1-6,12H2,(H2,19,20,21,24). The van der Waals surface area contributed by atoms with Crippen molar-refractivity contribution in [2.45, 2.75) is 44.6 Å². The lowest BCUT2D eigenvalue weighted by Crippen LogP contribution is -2.43. The summed E-state index contributed by atoms with van der Waals surface area (Å²) in [5.74, 6) is 1.19. The van der Waals surface area contributed by atoms with Crippen molar-refractivity contribution in [3.8, 4) is 11.5 Å². The third-order valence-electron chi connectivity index (χ3n) is 4.25. The summed E-state index contributed by atoms with van der Waals surface area (Å²) in [5.41, 5.74) is 0.872. The molecule has 1 aromatic rings. The predicted octanol–water partition coefficient (Wildman–Crippen LogP) is 3.14. The maximum absolute atomic E-state index is 12.0. The fourth-order valence-electron chi connectivity index (χ4n) is 2.99. The van der Waals surface area contributed by atoms with Crippen molar-refractivity contribution < 1.29 is 14.3 Å². The Hall–Kier alpha value is -2.08. The zero-order valence-electron chi connectivity index (χ0n) is 13.5. The third kappa shape index (κ3) is 4.71. The highest BCUT2D eigenvalue weighted by atomic mass is 32.1. The second-order valence-corrected chi connectivity index (χ2v) is 6.51. The van der Waals surface area contributed by atoms with E-state index in [0.717, 1.165) is 24.2 Å². The van der Waals surface area contributed by atoms with E-state index in [9.17, 15) is 4.79 Å². The topological polar surface area (TPSA) is 59.6 Å². The number of rotatable bonds is 3.